The Labute approximate surface area is 78.2 Å². The molecule has 3 heteroatoms. The molecule has 0 unspecified atom stereocenters. The molecule has 0 aliphatic heterocycles. The molecule has 1 aromatic rings. The van der Waals surface area contributed by atoms with E-state index in [1.807, 2.05) is 30.3 Å². The lowest BCUT2D eigenvalue weighted by atomic mass is 10.1. The van der Waals surface area contributed by atoms with Gasteiger partial charge in [-0.3, -0.25) is 0 Å². The zero-order valence-electron chi connectivity index (χ0n) is 7.46. The van der Waals surface area contributed by atoms with Gasteiger partial charge in [-0.25, -0.2) is 0 Å². The van der Waals surface area contributed by atoms with Gasteiger partial charge in [-0.15, -0.1) is 0 Å². The van der Waals surface area contributed by atoms with Crippen LogP contribution in [0.5, 0.6) is 0 Å². The molecule has 0 bridgehead atoms. The summed E-state index contributed by atoms with van der Waals surface area (Å²) in [6.45, 7) is 1.22. The minimum Gasteiger partial charge on any atom is -0.399 e. The van der Waals surface area contributed by atoms with Crippen LogP contribution in [0.4, 0.5) is 5.69 Å². The van der Waals surface area contributed by atoms with Crippen LogP contribution in [0.25, 0.3) is 0 Å². The van der Waals surface area contributed by atoms with Crippen molar-refractivity contribution in [3.05, 3.63) is 29.8 Å². The number of hydrogen-bond donors (Lipinski definition) is 2. The molecule has 13 heavy (non-hydrogen) atoms. The van der Waals surface area contributed by atoms with E-state index in [4.69, 9.17) is 11.0 Å². The average Bonchev–Trinajstić information content (AvgIpc) is 2.13. The van der Waals surface area contributed by atoms with Gasteiger partial charge in [0.15, 0.2) is 0 Å². The summed E-state index contributed by atoms with van der Waals surface area (Å²) in [7, 11) is 0. The molecule has 0 radical (unpaired) electrons. The van der Waals surface area contributed by atoms with E-state index < -0.39 is 0 Å². The largest absolute Gasteiger partial charge is 0.399 e. The van der Waals surface area contributed by atoms with E-state index in [-0.39, 0.29) is 0 Å². The Bertz CT molecular complexity index is 301. The average molecular weight is 175 g/mol. The zero-order valence-corrected chi connectivity index (χ0v) is 7.46. The fraction of sp³-hybridized carbons (Fsp3) is 0.300. The van der Waals surface area contributed by atoms with Gasteiger partial charge in [0.1, 0.15) is 0 Å². The van der Waals surface area contributed by atoms with Crippen molar-refractivity contribution in [1.82, 2.24) is 5.32 Å². The van der Waals surface area contributed by atoms with Crippen LogP contribution in [0, 0.1) is 11.3 Å². The molecule has 1 aromatic carbocycles. The fourth-order valence-electron chi connectivity index (χ4n) is 1.13. The second kappa shape index (κ2) is 5.18. The molecule has 0 atom stereocenters. The van der Waals surface area contributed by atoms with Crippen LogP contribution in [0.3, 0.4) is 0 Å². The maximum absolute atomic E-state index is 8.28. The summed E-state index contributed by atoms with van der Waals surface area (Å²) in [5.41, 5.74) is 7.61. The van der Waals surface area contributed by atoms with E-state index in [2.05, 4.69) is 5.32 Å². The number of hydrogen-bond acceptors (Lipinski definition) is 3. The van der Waals surface area contributed by atoms with E-state index in [9.17, 15) is 0 Å². The van der Waals surface area contributed by atoms with Crippen molar-refractivity contribution >= 4 is 5.69 Å². The van der Waals surface area contributed by atoms with Crippen LogP contribution in [0.15, 0.2) is 24.3 Å². The molecule has 0 saturated carbocycles. The third-order valence-electron chi connectivity index (χ3n) is 1.75. The first kappa shape index (κ1) is 9.56. The van der Waals surface area contributed by atoms with E-state index in [1.165, 1.54) is 5.56 Å². The highest BCUT2D eigenvalue weighted by molar-refractivity contribution is 5.40. The molecule has 3 nitrogen and oxygen atoms in total. The highest BCUT2D eigenvalue weighted by Crippen LogP contribution is 2.06. The summed E-state index contributed by atoms with van der Waals surface area (Å²) in [5.74, 6) is 0. The van der Waals surface area contributed by atoms with Crippen LogP contribution in [-0.4, -0.2) is 13.1 Å². The number of anilines is 1. The van der Waals surface area contributed by atoms with Crippen LogP contribution in [-0.2, 0) is 6.42 Å². The lowest BCUT2D eigenvalue weighted by molar-refractivity contribution is 0.749. The van der Waals surface area contributed by atoms with Gasteiger partial charge in [-0.05, 0) is 24.1 Å². The smallest absolute Gasteiger partial charge is 0.0841 e. The summed E-state index contributed by atoms with van der Waals surface area (Å²) >= 11 is 0. The van der Waals surface area contributed by atoms with Gasteiger partial charge < -0.3 is 11.1 Å². The standard InChI is InChI=1S/C10H13N3/c11-5-7-13-6-4-9-2-1-3-10(12)8-9/h1-3,8,13H,4,6-7,12H2. The van der Waals surface area contributed by atoms with Crippen molar-refractivity contribution in [3.63, 3.8) is 0 Å². The van der Waals surface area contributed by atoms with E-state index in [1.54, 1.807) is 0 Å². The lowest BCUT2D eigenvalue weighted by Gasteiger charge is -2.01. The molecule has 0 spiro atoms. The van der Waals surface area contributed by atoms with Gasteiger partial charge in [0, 0.05) is 12.2 Å². The number of rotatable bonds is 4. The zero-order chi connectivity index (χ0) is 9.52. The van der Waals surface area contributed by atoms with Gasteiger partial charge in [-0.2, -0.15) is 5.26 Å². The van der Waals surface area contributed by atoms with Crippen LogP contribution >= 0.6 is 0 Å². The predicted octanol–water partition coefficient (Wildman–Crippen LogP) is 0.924. The number of nitrogens with two attached hydrogens (primary N) is 1. The maximum Gasteiger partial charge on any atom is 0.0841 e. The summed E-state index contributed by atoms with van der Waals surface area (Å²) in [6.07, 6.45) is 0.909. The van der Waals surface area contributed by atoms with E-state index in [0.717, 1.165) is 18.7 Å². The number of nitrogen functional groups attached to an aromatic ring is 1. The Morgan fingerprint density at radius 3 is 3.00 bits per heavy atom. The molecular weight excluding hydrogens is 162 g/mol. The van der Waals surface area contributed by atoms with Crippen molar-refractivity contribution in [1.29, 1.82) is 5.26 Å². The van der Waals surface area contributed by atoms with Gasteiger partial charge in [0.2, 0.25) is 0 Å². The van der Waals surface area contributed by atoms with Crippen molar-refractivity contribution in [2.24, 2.45) is 0 Å². The lowest BCUT2D eigenvalue weighted by Crippen LogP contribution is -2.17. The second-order valence-corrected chi connectivity index (χ2v) is 2.83. The Hall–Kier alpha value is -1.53. The topological polar surface area (TPSA) is 61.8 Å². The SMILES string of the molecule is N#CCNCCc1cccc(N)c1. The van der Waals surface area contributed by atoms with Gasteiger partial charge in [0.25, 0.3) is 0 Å². The minimum absolute atomic E-state index is 0.405. The van der Waals surface area contributed by atoms with Crippen molar-refractivity contribution in [2.75, 3.05) is 18.8 Å². The van der Waals surface area contributed by atoms with Crippen LogP contribution in [0.2, 0.25) is 0 Å². The Morgan fingerprint density at radius 2 is 2.31 bits per heavy atom. The molecule has 0 saturated heterocycles. The fourth-order valence-corrected chi connectivity index (χ4v) is 1.13. The minimum atomic E-state index is 0.405. The first-order valence-electron chi connectivity index (χ1n) is 4.25. The molecule has 1 rings (SSSR count). The number of nitriles is 1. The molecule has 0 fully saturated rings. The maximum atomic E-state index is 8.28. The molecule has 0 aromatic heterocycles. The Balaban J connectivity index is 2.33. The molecule has 0 amide bonds. The quantitative estimate of drug-likeness (QED) is 0.406. The van der Waals surface area contributed by atoms with Crippen molar-refractivity contribution in [3.8, 4) is 6.07 Å². The molecule has 0 heterocycles. The third-order valence-corrected chi connectivity index (χ3v) is 1.75. The van der Waals surface area contributed by atoms with Gasteiger partial charge >= 0.3 is 0 Å². The second-order valence-electron chi connectivity index (χ2n) is 2.83. The number of nitrogens with zero attached hydrogens (tertiary/aromatic N) is 1. The number of benzene rings is 1. The number of nitrogens with one attached hydrogen (secondary N) is 1. The van der Waals surface area contributed by atoms with Crippen molar-refractivity contribution in [2.45, 2.75) is 6.42 Å². The first-order valence-corrected chi connectivity index (χ1v) is 4.25. The summed E-state index contributed by atoms with van der Waals surface area (Å²) in [5, 5.41) is 11.3. The third kappa shape index (κ3) is 3.59. The Morgan fingerprint density at radius 1 is 1.46 bits per heavy atom. The van der Waals surface area contributed by atoms with Crippen molar-refractivity contribution < 1.29 is 0 Å². The van der Waals surface area contributed by atoms with E-state index in [0.29, 0.717) is 6.54 Å². The van der Waals surface area contributed by atoms with Gasteiger partial charge in [-0.1, -0.05) is 12.1 Å². The highest BCUT2D eigenvalue weighted by atomic mass is 14.8. The molecular formula is C10H13N3. The molecule has 0 aliphatic carbocycles. The molecule has 3 N–H and O–H groups in total. The first-order chi connectivity index (χ1) is 6.33. The molecule has 68 valence electrons. The normalized spacial score (nSPS) is 9.46. The van der Waals surface area contributed by atoms with Crippen LogP contribution in [0.1, 0.15) is 5.56 Å². The summed E-state index contributed by atoms with van der Waals surface area (Å²) in [4.78, 5) is 0. The van der Waals surface area contributed by atoms with Gasteiger partial charge in [0.05, 0.1) is 12.6 Å². The Kier molecular flexibility index (Phi) is 3.80. The monoisotopic (exact) mass is 175 g/mol. The predicted molar refractivity (Wildman–Crippen MR) is 53.0 cm³/mol. The molecule has 0 aliphatic rings. The summed E-state index contributed by atoms with van der Waals surface area (Å²) < 4.78 is 0. The van der Waals surface area contributed by atoms with Crippen LogP contribution < -0.4 is 11.1 Å². The highest BCUT2D eigenvalue weighted by Gasteiger charge is 1.92. The summed E-state index contributed by atoms with van der Waals surface area (Å²) in [6, 6.07) is 9.82. The van der Waals surface area contributed by atoms with E-state index >= 15 is 0 Å².